The monoisotopic (exact) mass is 219 g/mol. The van der Waals surface area contributed by atoms with Crippen LogP contribution in [0.1, 0.15) is 0 Å². The summed E-state index contributed by atoms with van der Waals surface area (Å²) < 4.78 is 4.54. The molecule has 1 aliphatic heterocycles. The molecule has 0 spiro atoms. The van der Waals surface area contributed by atoms with Gasteiger partial charge in [-0.15, -0.1) is 6.42 Å². The van der Waals surface area contributed by atoms with Gasteiger partial charge in [-0.2, -0.15) is 0 Å². The molecule has 82 valence electrons. The minimum absolute atomic E-state index is 0.00486. The van der Waals surface area contributed by atoms with Crippen LogP contribution in [0.5, 0.6) is 0 Å². The fourth-order valence-electron chi connectivity index (χ4n) is 1.12. The Morgan fingerprint density at radius 3 is 2.25 bits per heavy atom. The smallest absolute Gasteiger partial charge is 0.327 e. The van der Waals surface area contributed by atoms with Crippen LogP contribution in [0.25, 0.3) is 0 Å². The van der Waals surface area contributed by atoms with Crippen LogP contribution >= 0.6 is 0 Å². The first-order chi connectivity index (χ1) is 7.49. The normalized spacial score (nSPS) is 15.3. The maximum Gasteiger partial charge on any atom is 0.327 e. The van der Waals surface area contributed by atoms with E-state index < -0.39 is 24.3 Å². The number of likely N-dealkylation sites (tertiary alicyclic amines) is 1. The molecule has 2 amide bonds. The molecule has 5 nitrogen and oxygen atoms in total. The Bertz CT molecular complexity index is 415. The van der Waals surface area contributed by atoms with Gasteiger partial charge in [0.2, 0.25) is 0 Å². The minimum Gasteiger partial charge on any atom is -0.451 e. The van der Waals surface area contributed by atoms with E-state index in [4.69, 9.17) is 6.42 Å². The van der Waals surface area contributed by atoms with E-state index in [1.165, 1.54) is 0 Å². The summed E-state index contributed by atoms with van der Waals surface area (Å²) in [6, 6.07) is 0. The van der Waals surface area contributed by atoms with E-state index in [0.29, 0.717) is 0 Å². The Balaban J connectivity index is 2.69. The molecule has 1 aliphatic rings. The molecule has 1 saturated heterocycles. The molecule has 0 bridgehead atoms. The summed E-state index contributed by atoms with van der Waals surface area (Å²) in [6.07, 6.45) is 4.88. The molecule has 0 atom stereocenters. The SMILES string of the molecule is C#CCOC(=O)CN1C(=O)C(=C)C(=C)C1=O. The lowest BCUT2D eigenvalue weighted by Crippen LogP contribution is -2.35. The van der Waals surface area contributed by atoms with Gasteiger partial charge in [0.15, 0.2) is 6.61 Å². The van der Waals surface area contributed by atoms with Gasteiger partial charge in [0, 0.05) is 11.1 Å². The van der Waals surface area contributed by atoms with Crippen LogP contribution in [0.15, 0.2) is 24.3 Å². The Morgan fingerprint density at radius 1 is 1.31 bits per heavy atom. The standard InChI is InChI=1S/C11H9NO4/c1-4-5-16-9(13)6-12-10(14)7(2)8(3)11(12)15/h1H,2-3,5-6H2. The average molecular weight is 219 g/mol. The first kappa shape index (κ1) is 11.7. The van der Waals surface area contributed by atoms with Crippen molar-refractivity contribution < 1.29 is 19.1 Å². The quantitative estimate of drug-likeness (QED) is 0.281. The second-order valence-corrected chi connectivity index (χ2v) is 3.02. The third-order valence-electron chi connectivity index (χ3n) is 1.97. The summed E-state index contributed by atoms with van der Waals surface area (Å²) in [6.45, 7) is 6.11. The highest BCUT2D eigenvalue weighted by atomic mass is 16.5. The molecule has 0 aromatic heterocycles. The molecular weight excluding hydrogens is 210 g/mol. The fourth-order valence-corrected chi connectivity index (χ4v) is 1.12. The zero-order valence-electron chi connectivity index (χ0n) is 8.49. The highest BCUT2D eigenvalue weighted by Gasteiger charge is 2.37. The van der Waals surface area contributed by atoms with Gasteiger partial charge in [0.1, 0.15) is 6.54 Å². The largest absolute Gasteiger partial charge is 0.451 e. The van der Waals surface area contributed by atoms with E-state index in [9.17, 15) is 14.4 Å². The molecular formula is C11H9NO4. The third kappa shape index (κ3) is 2.01. The molecule has 0 saturated carbocycles. The van der Waals surface area contributed by atoms with Crippen LogP contribution in [-0.4, -0.2) is 35.8 Å². The number of ether oxygens (including phenoxy) is 1. The average Bonchev–Trinajstić information content (AvgIpc) is 2.44. The van der Waals surface area contributed by atoms with Crippen molar-refractivity contribution >= 4 is 17.8 Å². The van der Waals surface area contributed by atoms with Gasteiger partial charge in [-0.05, 0) is 0 Å². The van der Waals surface area contributed by atoms with Crippen molar-refractivity contribution in [3.8, 4) is 12.3 Å². The van der Waals surface area contributed by atoms with Gasteiger partial charge >= 0.3 is 5.97 Å². The van der Waals surface area contributed by atoms with Gasteiger partial charge in [0.25, 0.3) is 11.8 Å². The summed E-state index contributed by atoms with van der Waals surface area (Å²) >= 11 is 0. The molecule has 5 heteroatoms. The zero-order valence-corrected chi connectivity index (χ0v) is 8.49. The predicted octanol–water partition coefficient (Wildman–Crippen LogP) is -0.356. The van der Waals surface area contributed by atoms with Crippen molar-refractivity contribution in [2.75, 3.05) is 13.2 Å². The molecule has 1 heterocycles. The number of carbonyl (C=O) groups is 3. The van der Waals surface area contributed by atoms with Crippen LogP contribution in [0.4, 0.5) is 0 Å². The van der Waals surface area contributed by atoms with Crippen molar-refractivity contribution in [2.45, 2.75) is 0 Å². The molecule has 0 aromatic carbocycles. The van der Waals surface area contributed by atoms with E-state index in [-0.39, 0.29) is 17.8 Å². The lowest BCUT2D eigenvalue weighted by Gasteiger charge is -2.11. The predicted molar refractivity (Wildman–Crippen MR) is 54.8 cm³/mol. The number of carbonyl (C=O) groups excluding carboxylic acids is 3. The highest BCUT2D eigenvalue weighted by Crippen LogP contribution is 2.21. The summed E-state index contributed by atoms with van der Waals surface area (Å²) in [7, 11) is 0. The van der Waals surface area contributed by atoms with Crippen molar-refractivity contribution in [3.63, 3.8) is 0 Å². The summed E-state index contributed by atoms with van der Waals surface area (Å²) in [5.74, 6) is 0.0853. The number of amides is 2. The highest BCUT2D eigenvalue weighted by molar-refractivity contribution is 6.24. The van der Waals surface area contributed by atoms with E-state index in [1.807, 2.05) is 0 Å². The molecule has 0 radical (unpaired) electrons. The van der Waals surface area contributed by atoms with E-state index in [1.54, 1.807) is 0 Å². The van der Waals surface area contributed by atoms with Gasteiger partial charge in [-0.3, -0.25) is 19.3 Å². The summed E-state index contributed by atoms with van der Waals surface area (Å²) in [5.41, 5.74) is -0.00972. The van der Waals surface area contributed by atoms with E-state index in [2.05, 4.69) is 23.8 Å². The van der Waals surface area contributed by atoms with E-state index >= 15 is 0 Å². The van der Waals surface area contributed by atoms with Gasteiger partial charge in [-0.1, -0.05) is 19.1 Å². The molecule has 1 rings (SSSR count). The maximum atomic E-state index is 11.4. The van der Waals surface area contributed by atoms with Crippen LogP contribution in [0.2, 0.25) is 0 Å². The number of esters is 1. The molecule has 16 heavy (non-hydrogen) atoms. The van der Waals surface area contributed by atoms with Gasteiger partial charge < -0.3 is 4.74 Å². The van der Waals surface area contributed by atoms with Crippen molar-refractivity contribution in [1.82, 2.24) is 4.90 Å². The Morgan fingerprint density at radius 2 is 1.81 bits per heavy atom. The fraction of sp³-hybridized carbons (Fsp3) is 0.182. The Kier molecular flexibility index (Phi) is 3.26. The second kappa shape index (κ2) is 4.45. The molecule has 1 fully saturated rings. The second-order valence-electron chi connectivity index (χ2n) is 3.02. The summed E-state index contributed by atoms with van der Waals surface area (Å²) in [5, 5.41) is 0. The number of hydrogen-bond donors (Lipinski definition) is 0. The summed E-state index contributed by atoms with van der Waals surface area (Å²) in [4.78, 5) is 34.7. The lowest BCUT2D eigenvalue weighted by atomic mass is 10.2. The van der Waals surface area contributed by atoms with Crippen molar-refractivity contribution in [1.29, 1.82) is 0 Å². The lowest BCUT2D eigenvalue weighted by molar-refractivity contribution is -0.150. The minimum atomic E-state index is -0.748. The van der Waals surface area contributed by atoms with Crippen LogP contribution in [-0.2, 0) is 19.1 Å². The molecule has 0 aromatic rings. The first-order valence-corrected chi connectivity index (χ1v) is 4.32. The van der Waals surface area contributed by atoms with Crippen LogP contribution in [0.3, 0.4) is 0 Å². The third-order valence-corrected chi connectivity index (χ3v) is 1.97. The molecule has 0 N–H and O–H groups in total. The van der Waals surface area contributed by atoms with Crippen molar-refractivity contribution in [3.05, 3.63) is 24.3 Å². The number of hydrogen-bond acceptors (Lipinski definition) is 4. The van der Waals surface area contributed by atoms with Crippen molar-refractivity contribution in [2.24, 2.45) is 0 Å². The number of imide groups is 1. The van der Waals surface area contributed by atoms with Gasteiger partial charge in [-0.25, -0.2) is 0 Å². The van der Waals surface area contributed by atoms with Crippen LogP contribution in [0, 0.1) is 12.3 Å². The van der Waals surface area contributed by atoms with Crippen LogP contribution < -0.4 is 0 Å². The maximum absolute atomic E-state index is 11.4. The Labute approximate surface area is 92.4 Å². The molecule has 0 aliphatic carbocycles. The molecule has 0 unspecified atom stereocenters. The zero-order chi connectivity index (χ0) is 12.3. The topological polar surface area (TPSA) is 63.7 Å². The number of nitrogens with zero attached hydrogens (tertiary/aromatic N) is 1. The number of terminal acetylenes is 1. The van der Waals surface area contributed by atoms with E-state index in [0.717, 1.165) is 4.90 Å². The Hall–Kier alpha value is -2.35. The first-order valence-electron chi connectivity index (χ1n) is 4.32. The number of rotatable bonds is 3. The van der Waals surface area contributed by atoms with Gasteiger partial charge in [0.05, 0.1) is 0 Å².